The molecule has 2 aromatic rings. The second-order valence-electron chi connectivity index (χ2n) is 4.07. The highest BCUT2D eigenvalue weighted by molar-refractivity contribution is 5.84. The number of esters is 1. The van der Waals surface area contributed by atoms with Crippen LogP contribution in [0.15, 0.2) is 27.4 Å². The van der Waals surface area contributed by atoms with Crippen LogP contribution < -0.4 is 15.1 Å². The van der Waals surface area contributed by atoms with E-state index in [0.29, 0.717) is 28.0 Å². The van der Waals surface area contributed by atoms with Crippen LogP contribution in [0.2, 0.25) is 0 Å². The van der Waals surface area contributed by atoms with Crippen molar-refractivity contribution in [3.63, 3.8) is 0 Å². The maximum Gasteiger partial charge on any atom is 0.336 e. The zero-order chi connectivity index (χ0) is 14.7. The predicted octanol–water partition coefficient (Wildman–Crippen LogP) is 1.87. The third-order valence-electron chi connectivity index (χ3n) is 2.77. The lowest BCUT2D eigenvalue weighted by molar-refractivity contribution is -0.142. The molecule has 0 unspecified atom stereocenters. The van der Waals surface area contributed by atoms with Gasteiger partial charge >= 0.3 is 11.6 Å². The van der Waals surface area contributed by atoms with Gasteiger partial charge < -0.3 is 18.6 Å². The van der Waals surface area contributed by atoms with Crippen LogP contribution in [0.4, 0.5) is 0 Å². The van der Waals surface area contributed by atoms with Crippen molar-refractivity contribution in [3.05, 3.63) is 34.2 Å². The van der Waals surface area contributed by atoms with Crippen molar-refractivity contribution in [1.82, 2.24) is 0 Å². The highest BCUT2D eigenvalue weighted by Gasteiger charge is 2.12. The molecule has 0 fully saturated rings. The van der Waals surface area contributed by atoms with Gasteiger partial charge in [-0.1, -0.05) is 0 Å². The topological polar surface area (TPSA) is 75.0 Å². The Balaban J connectivity index is 2.61. The van der Waals surface area contributed by atoms with E-state index in [2.05, 4.69) is 0 Å². The number of methoxy groups -OCH3 is 2. The number of hydrogen-bond acceptors (Lipinski definition) is 6. The van der Waals surface area contributed by atoms with Gasteiger partial charge in [-0.15, -0.1) is 0 Å². The lowest BCUT2D eigenvalue weighted by atomic mass is 10.1. The lowest BCUT2D eigenvalue weighted by Gasteiger charge is -2.10. The van der Waals surface area contributed by atoms with E-state index in [0.717, 1.165) is 0 Å². The van der Waals surface area contributed by atoms with Crippen LogP contribution >= 0.6 is 0 Å². The van der Waals surface area contributed by atoms with Crippen LogP contribution in [0.3, 0.4) is 0 Å². The van der Waals surface area contributed by atoms with Crippen molar-refractivity contribution in [1.29, 1.82) is 0 Å². The summed E-state index contributed by atoms with van der Waals surface area (Å²) in [5.41, 5.74) is 0.372. The van der Waals surface area contributed by atoms with E-state index in [1.807, 2.05) is 0 Å². The Morgan fingerprint density at radius 3 is 2.40 bits per heavy atom. The fourth-order valence-corrected chi connectivity index (χ4v) is 1.85. The minimum Gasteiger partial charge on any atom is -0.493 e. The Hall–Kier alpha value is -2.50. The highest BCUT2D eigenvalue weighted by Crippen LogP contribution is 2.33. The summed E-state index contributed by atoms with van der Waals surface area (Å²) >= 11 is 0. The van der Waals surface area contributed by atoms with Crippen molar-refractivity contribution >= 4 is 16.9 Å². The van der Waals surface area contributed by atoms with E-state index in [1.54, 1.807) is 12.1 Å². The standard InChI is InChI=1S/C14H14O6/c1-8(15)19-7-9-4-14(16)20-11-6-13(18-3)12(17-2)5-10(9)11/h4-6H,7H2,1-3H3. The average Bonchev–Trinajstić information content (AvgIpc) is 2.42. The Morgan fingerprint density at radius 2 is 1.80 bits per heavy atom. The molecular weight excluding hydrogens is 264 g/mol. The van der Waals surface area contributed by atoms with Gasteiger partial charge in [-0.3, -0.25) is 4.79 Å². The summed E-state index contributed by atoms with van der Waals surface area (Å²) in [5, 5.41) is 0.628. The molecule has 20 heavy (non-hydrogen) atoms. The van der Waals surface area contributed by atoms with Crippen LogP contribution in [0.25, 0.3) is 11.0 Å². The van der Waals surface area contributed by atoms with Crippen molar-refractivity contribution in [2.75, 3.05) is 14.2 Å². The zero-order valence-corrected chi connectivity index (χ0v) is 11.4. The van der Waals surface area contributed by atoms with E-state index >= 15 is 0 Å². The summed E-state index contributed by atoms with van der Waals surface area (Å²) in [6.07, 6.45) is 0. The van der Waals surface area contributed by atoms with Gasteiger partial charge in [0.05, 0.1) is 14.2 Å². The van der Waals surface area contributed by atoms with E-state index in [-0.39, 0.29) is 6.61 Å². The molecule has 1 heterocycles. The van der Waals surface area contributed by atoms with Crippen LogP contribution in [0.5, 0.6) is 11.5 Å². The third kappa shape index (κ3) is 2.74. The molecule has 0 amide bonds. The van der Waals surface area contributed by atoms with Crippen LogP contribution in [-0.2, 0) is 16.1 Å². The molecule has 0 aliphatic rings. The molecule has 0 spiro atoms. The molecule has 0 saturated carbocycles. The first-order chi connectivity index (χ1) is 9.55. The molecule has 0 bridgehead atoms. The minimum atomic E-state index is -0.521. The summed E-state index contributed by atoms with van der Waals surface area (Å²) in [5.74, 6) is 0.526. The van der Waals surface area contributed by atoms with Crippen molar-refractivity contribution in [3.8, 4) is 11.5 Å². The number of hydrogen-bond donors (Lipinski definition) is 0. The minimum absolute atomic E-state index is 0.00703. The summed E-state index contributed by atoms with van der Waals surface area (Å²) < 4.78 is 20.4. The van der Waals surface area contributed by atoms with E-state index in [4.69, 9.17) is 18.6 Å². The van der Waals surface area contributed by atoms with Gasteiger partial charge in [-0.05, 0) is 6.07 Å². The first-order valence-electron chi connectivity index (χ1n) is 5.87. The van der Waals surface area contributed by atoms with Crippen LogP contribution in [0.1, 0.15) is 12.5 Å². The fraction of sp³-hybridized carbons (Fsp3) is 0.286. The van der Waals surface area contributed by atoms with Gasteiger partial charge in [0.15, 0.2) is 11.5 Å². The number of benzene rings is 1. The normalized spacial score (nSPS) is 10.3. The summed E-state index contributed by atoms with van der Waals surface area (Å²) in [6.45, 7) is 1.30. The predicted molar refractivity (Wildman–Crippen MR) is 71.1 cm³/mol. The van der Waals surface area contributed by atoms with Gasteiger partial charge in [0.1, 0.15) is 12.2 Å². The molecule has 1 aromatic heterocycles. The summed E-state index contributed by atoms with van der Waals surface area (Å²) in [7, 11) is 3.00. The number of ether oxygens (including phenoxy) is 3. The Labute approximate surface area is 114 Å². The molecular formula is C14H14O6. The number of fused-ring (bicyclic) bond motifs is 1. The Bertz CT molecular complexity index is 701. The van der Waals surface area contributed by atoms with Gasteiger partial charge in [-0.25, -0.2) is 4.79 Å². The molecule has 0 aliphatic carbocycles. The average molecular weight is 278 g/mol. The maximum absolute atomic E-state index is 11.5. The summed E-state index contributed by atoms with van der Waals surface area (Å²) in [6, 6.07) is 4.53. The van der Waals surface area contributed by atoms with Crippen LogP contribution in [0, 0.1) is 0 Å². The number of rotatable bonds is 4. The second kappa shape index (κ2) is 5.64. The summed E-state index contributed by atoms with van der Waals surface area (Å²) in [4.78, 5) is 22.4. The molecule has 6 nitrogen and oxygen atoms in total. The van der Waals surface area contributed by atoms with Gasteiger partial charge in [0, 0.05) is 30.0 Å². The maximum atomic E-state index is 11.5. The molecule has 6 heteroatoms. The Morgan fingerprint density at radius 1 is 1.15 bits per heavy atom. The first kappa shape index (κ1) is 13.9. The van der Waals surface area contributed by atoms with Gasteiger partial charge in [0.2, 0.25) is 0 Å². The van der Waals surface area contributed by atoms with Crippen molar-refractivity contribution in [2.45, 2.75) is 13.5 Å². The lowest BCUT2D eigenvalue weighted by Crippen LogP contribution is -2.05. The quantitative estimate of drug-likeness (QED) is 0.628. The molecule has 0 radical (unpaired) electrons. The molecule has 1 aromatic carbocycles. The smallest absolute Gasteiger partial charge is 0.336 e. The second-order valence-corrected chi connectivity index (χ2v) is 4.07. The van der Waals surface area contributed by atoms with Gasteiger partial charge in [0.25, 0.3) is 0 Å². The van der Waals surface area contributed by atoms with Crippen LogP contribution in [-0.4, -0.2) is 20.2 Å². The zero-order valence-electron chi connectivity index (χ0n) is 11.4. The molecule has 0 saturated heterocycles. The Kier molecular flexibility index (Phi) is 3.93. The SMILES string of the molecule is COc1cc2oc(=O)cc(COC(C)=O)c2cc1OC. The highest BCUT2D eigenvalue weighted by atomic mass is 16.5. The first-order valence-corrected chi connectivity index (χ1v) is 5.87. The van der Waals surface area contributed by atoms with E-state index in [1.165, 1.54) is 27.2 Å². The number of carbonyl (C=O) groups excluding carboxylic acids is 1. The molecule has 2 rings (SSSR count). The molecule has 106 valence electrons. The van der Waals surface area contributed by atoms with Crippen molar-refractivity contribution in [2.24, 2.45) is 0 Å². The number of carbonyl (C=O) groups is 1. The van der Waals surface area contributed by atoms with Gasteiger partial charge in [-0.2, -0.15) is 0 Å². The van der Waals surface area contributed by atoms with E-state index < -0.39 is 11.6 Å². The molecule has 0 N–H and O–H groups in total. The third-order valence-corrected chi connectivity index (χ3v) is 2.77. The fourth-order valence-electron chi connectivity index (χ4n) is 1.85. The van der Waals surface area contributed by atoms with E-state index in [9.17, 15) is 9.59 Å². The molecule has 0 aliphatic heterocycles. The molecule has 0 atom stereocenters. The monoisotopic (exact) mass is 278 g/mol. The largest absolute Gasteiger partial charge is 0.493 e. The van der Waals surface area contributed by atoms with Crippen molar-refractivity contribution < 1.29 is 23.4 Å².